The number of ether oxygens (including phenoxy) is 2. The zero-order valence-electron chi connectivity index (χ0n) is 12.1. The highest BCUT2D eigenvalue weighted by Crippen LogP contribution is 2.30. The third kappa shape index (κ3) is 2.80. The van der Waals surface area contributed by atoms with E-state index >= 15 is 0 Å². The summed E-state index contributed by atoms with van der Waals surface area (Å²) in [6.07, 6.45) is 3.32. The van der Waals surface area contributed by atoms with Crippen molar-refractivity contribution in [3.63, 3.8) is 0 Å². The molecule has 1 aromatic carbocycles. The van der Waals surface area contributed by atoms with Crippen molar-refractivity contribution >= 4 is 16.6 Å². The molecular weight excluding hydrogens is 268 g/mol. The summed E-state index contributed by atoms with van der Waals surface area (Å²) in [4.78, 5) is 4.45. The van der Waals surface area contributed by atoms with Crippen molar-refractivity contribution in [2.24, 2.45) is 0 Å². The number of hydrogen-bond acceptors (Lipinski definition) is 5. The van der Waals surface area contributed by atoms with Crippen LogP contribution in [0.1, 0.15) is 12.8 Å². The number of hydrogen-bond donors (Lipinski definition) is 2. The molecule has 21 heavy (non-hydrogen) atoms. The minimum absolute atomic E-state index is 0.0679. The summed E-state index contributed by atoms with van der Waals surface area (Å²) in [5.41, 5.74) is -0.359. The van der Waals surface area contributed by atoms with Gasteiger partial charge in [-0.3, -0.25) is 0 Å². The first kappa shape index (κ1) is 14.1. The Hall–Kier alpha value is -1.85. The fourth-order valence-electron chi connectivity index (χ4n) is 2.71. The van der Waals surface area contributed by atoms with Crippen LogP contribution in [0.2, 0.25) is 0 Å². The highest BCUT2D eigenvalue weighted by atomic mass is 16.5. The van der Waals surface area contributed by atoms with Crippen LogP contribution < -0.4 is 10.1 Å². The lowest BCUT2D eigenvalue weighted by atomic mass is 9.90. The predicted molar refractivity (Wildman–Crippen MR) is 81.8 cm³/mol. The molecule has 0 atom stereocenters. The molecule has 0 saturated carbocycles. The molecule has 0 unspecified atom stereocenters. The Morgan fingerprint density at radius 3 is 2.86 bits per heavy atom. The number of rotatable bonds is 4. The lowest BCUT2D eigenvalue weighted by Gasteiger charge is -2.37. The van der Waals surface area contributed by atoms with E-state index in [1.807, 2.05) is 24.3 Å². The molecule has 0 aliphatic carbocycles. The molecule has 1 fully saturated rings. The third-order valence-electron chi connectivity index (χ3n) is 4.11. The zero-order chi connectivity index (χ0) is 14.7. The summed E-state index contributed by atoms with van der Waals surface area (Å²) in [5, 5.41) is 15.3. The standard InChI is InChI=1S/C16H20N2O3/c1-20-13-3-2-12-4-7-17-15(14(12)10-13)18-16(11-19)5-8-21-9-6-16/h2-4,7,10,19H,5-6,8-9,11H2,1H3,(H,17,18). The van der Waals surface area contributed by atoms with E-state index in [0.717, 1.165) is 35.2 Å². The van der Waals surface area contributed by atoms with Crippen LogP contribution in [0.5, 0.6) is 5.75 Å². The topological polar surface area (TPSA) is 63.6 Å². The smallest absolute Gasteiger partial charge is 0.134 e. The number of methoxy groups -OCH3 is 1. The van der Waals surface area contributed by atoms with E-state index < -0.39 is 0 Å². The Kier molecular flexibility index (Phi) is 3.94. The van der Waals surface area contributed by atoms with Crippen molar-refractivity contribution in [3.8, 4) is 5.75 Å². The van der Waals surface area contributed by atoms with Gasteiger partial charge in [-0.15, -0.1) is 0 Å². The average molecular weight is 288 g/mol. The maximum absolute atomic E-state index is 9.81. The fourth-order valence-corrected chi connectivity index (χ4v) is 2.71. The molecule has 0 bridgehead atoms. The van der Waals surface area contributed by atoms with Crippen LogP contribution in [-0.4, -0.2) is 42.6 Å². The van der Waals surface area contributed by atoms with Gasteiger partial charge in [-0.25, -0.2) is 4.98 Å². The quantitative estimate of drug-likeness (QED) is 0.903. The molecule has 1 aliphatic heterocycles. The Morgan fingerprint density at radius 1 is 1.33 bits per heavy atom. The molecule has 2 aromatic rings. The zero-order valence-corrected chi connectivity index (χ0v) is 12.1. The van der Waals surface area contributed by atoms with Crippen LogP contribution >= 0.6 is 0 Å². The minimum atomic E-state index is -0.359. The Balaban J connectivity index is 1.99. The van der Waals surface area contributed by atoms with Crippen LogP contribution in [0.15, 0.2) is 30.5 Å². The number of aliphatic hydroxyl groups excluding tert-OH is 1. The highest BCUT2D eigenvalue weighted by molar-refractivity contribution is 5.93. The Morgan fingerprint density at radius 2 is 2.14 bits per heavy atom. The first-order chi connectivity index (χ1) is 10.3. The molecule has 2 N–H and O–H groups in total. The average Bonchev–Trinajstić information content (AvgIpc) is 2.55. The number of aromatic nitrogens is 1. The summed E-state index contributed by atoms with van der Waals surface area (Å²) in [5.74, 6) is 1.57. The number of pyridine rings is 1. The van der Waals surface area contributed by atoms with Gasteiger partial charge in [-0.05, 0) is 36.4 Å². The minimum Gasteiger partial charge on any atom is -0.497 e. The maximum atomic E-state index is 9.81. The van der Waals surface area contributed by atoms with Crippen LogP contribution in [0.3, 0.4) is 0 Å². The normalized spacial score (nSPS) is 17.6. The SMILES string of the molecule is COc1ccc2ccnc(NC3(CO)CCOCC3)c2c1. The van der Waals surface area contributed by atoms with Crippen molar-refractivity contribution in [2.45, 2.75) is 18.4 Å². The first-order valence-corrected chi connectivity index (χ1v) is 7.16. The predicted octanol–water partition coefficient (Wildman–Crippen LogP) is 2.20. The Labute approximate surface area is 123 Å². The van der Waals surface area contributed by atoms with E-state index in [1.54, 1.807) is 13.3 Å². The van der Waals surface area contributed by atoms with E-state index in [2.05, 4.69) is 10.3 Å². The second-order valence-electron chi connectivity index (χ2n) is 5.42. The number of nitrogens with one attached hydrogen (secondary N) is 1. The van der Waals surface area contributed by atoms with Crippen LogP contribution in [0.25, 0.3) is 10.8 Å². The molecule has 1 aliphatic rings. The van der Waals surface area contributed by atoms with E-state index in [0.29, 0.717) is 13.2 Å². The monoisotopic (exact) mass is 288 g/mol. The van der Waals surface area contributed by atoms with Gasteiger partial charge >= 0.3 is 0 Å². The van der Waals surface area contributed by atoms with Gasteiger partial charge in [-0.2, -0.15) is 0 Å². The highest BCUT2D eigenvalue weighted by Gasteiger charge is 2.32. The fraction of sp³-hybridized carbons (Fsp3) is 0.438. The molecule has 112 valence electrons. The molecule has 0 radical (unpaired) electrons. The van der Waals surface area contributed by atoms with Gasteiger partial charge in [0, 0.05) is 24.8 Å². The number of aliphatic hydroxyl groups is 1. The number of benzene rings is 1. The van der Waals surface area contributed by atoms with Gasteiger partial charge in [0.05, 0.1) is 19.3 Å². The van der Waals surface area contributed by atoms with Gasteiger partial charge in [0.15, 0.2) is 0 Å². The van der Waals surface area contributed by atoms with Crippen LogP contribution in [0, 0.1) is 0 Å². The molecule has 5 nitrogen and oxygen atoms in total. The van der Waals surface area contributed by atoms with Crippen molar-refractivity contribution < 1.29 is 14.6 Å². The second-order valence-corrected chi connectivity index (χ2v) is 5.42. The Bertz CT molecular complexity index is 624. The van der Waals surface area contributed by atoms with Gasteiger partial charge in [0.1, 0.15) is 11.6 Å². The molecular formula is C16H20N2O3. The van der Waals surface area contributed by atoms with Crippen molar-refractivity contribution in [1.29, 1.82) is 0 Å². The molecule has 0 spiro atoms. The largest absolute Gasteiger partial charge is 0.497 e. The molecule has 2 heterocycles. The van der Waals surface area contributed by atoms with Gasteiger partial charge < -0.3 is 19.9 Å². The number of anilines is 1. The summed E-state index contributed by atoms with van der Waals surface area (Å²) in [6.45, 7) is 1.38. The van der Waals surface area contributed by atoms with Crippen molar-refractivity contribution in [2.75, 3.05) is 32.2 Å². The van der Waals surface area contributed by atoms with Crippen molar-refractivity contribution in [1.82, 2.24) is 4.98 Å². The number of fused-ring (bicyclic) bond motifs is 1. The number of nitrogens with zero attached hydrogens (tertiary/aromatic N) is 1. The van der Waals surface area contributed by atoms with Crippen molar-refractivity contribution in [3.05, 3.63) is 30.5 Å². The molecule has 3 rings (SSSR count). The third-order valence-corrected chi connectivity index (χ3v) is 4.11. The van der Waals surface area contributed by atoms with Gasteiger partial charge in [0.25, 0.3) is 0 Å². The van der Waals surface area contributed by atoms with E-state index in [1.165, 1.54) is 0 Å². The lowest BCUT2D eigenvalue weighted by Crippen LogP contribution is -2.47. The molecule has 0 amide bonds. The molecule has 5 heteroatoms. The molecule has 1 aromatic heterocycles. The van der Waals surface area contributed by atoms with Gasteiger partial charge in [0.2, 0.25) is 0 Å². The summed E-state index contributed by atoms with van der Waals surface area (Å²) >= 11 is 0. The maximum Gasteiger partial charge on any atom is 0.134 e. The molecule has 1 saturated heterocycles. The van der Waals surface area contributed by atoms with Crippen LogP contribution in [-0.2, 0) is 4.74 Å². The summed E-state index contributed by atoms with van der Waals surface area (Å²) < 4.78 is 10.7. The van der Waals surface area contributed by atoms with Crippen LogP contribution in [0.4, 0.5) is 5.82 Å². The van der Waals surface area contributed by atoms with E-state index in [9.17, 15) is 5.11 Å². The second kappa shape index (κ2) is 5.87. The summed E-state index contributed by atoms with van der Waals surface area (Å²) in [7, 11) is 1.65. The first-order valence-electron chi connectivity index (χ1n) is 7.16. The summed E-state index contributed by atoms with van der Waals surface area (Å²) in [6, 6.07) is 7.88. The van der Waals surface area contributed by atoms with Gasteiger partial charge in [-0.1, -0.05) is 6.07 Å². The van der Waals surface area contributed by atoms with E-state index in [-0.39, 0.29) is 12.1 Å². The lowest BCUT2D eigenvalue weighted by molar-refractivity contribution is 0.0379. The van der Waals surface area contributed by atoms with E-state index in [4.69, 9.17) is 9.47 Å².